The van der Waals surface area contributed by atoms with Crippen LogP contribution >= 0.6 is 0 Å². The van der Waals surface area contributed by atoms with Crippen LogP contribution < -0.4 is 10.5 Å². The number of piperidine rings is 1. The summed E-state index contributed by atoms with van der Waals surface area (Å²) in [5.41, 5.74) is 2.64. The fourth-order valence-corrected chi connectivity index (χ4v) is 4.62. The van der Waals surface area contributed by atoms with E-state index in [1.807, 2.05) is 31.3 Å². The van der Waals surface area contributed by atoms with Crippen LogP contribution in [0, 0.1) is 23.1 Å². The summed E-state index contributed by atoms with van der Waals surface area (Å²) in [6, 6.07) is 11.9. The predicted octanol–water partition coefficient (Wildman–Crippen LogP) is 4.25. The van der Waals surface area contributed by atoms with Crippen molar-refractivity contribution in [3.05, 3.63) is 64.3 Å². The standard InChI is InChI=1S/C26H25FN6O/c1-16-8-10-33(11-9-16)26-30-24(18-4-5-19(14-28)21(27)13-18)23(25(34)31(26)2)17-6-7-22-20(12-17)15-29-32(22)3/h4-7,12-13,15-16H,8-11H2,1-3H3. The fraction of sp³-hybridized carbons (Fsp3) is 0.308. The number of hydrogen-bond donors (Lipinski definition) is 0. The highest BCUT2D eigenvalue weighted by molar-refractivity contribution is 5.88. The Balaban J connectivity index is 1.75. The smallest absolute Gasteiger partial charge is 0.263 e. The Morgan fingerprint density at radius 1 is 1.09 bits per heavy atom. The summed E-state index contributed by atoms with van der Waals surface area (Å²) in [4.78, 5) is 20.8. The van der Waals surface area contributed by atoms with Gasteiger partial charge < -0.3 is 4.90 Å². The number of anilines is 1. The average molecular weight is 457 g/mol. The van der Waals surface area contributed by atoms with Gasteiger partial charge in [-0.25, -0.2) is 9.37 Å². The molecule has 0 atom stereocenters. The summed E-state index contributed by atoms with van der Waals surface area (Å²) >= 11 is 0. The Hall–Kier alpha value is -3.99. The first-order valence-electron chi connectivity index (χ1n) is 11.4. The van der Waals surface area contributed by atoms with Crippen molar-refractivity contribution in [3.8, 4) is 28.5 Å². The van der Waals surface area contributed by atoms with Gasteiger partial charge in [0.05, 0.1) is 28.5 Å². The van der Waals surface area contributed by atoms with Gasteiger partial charge in [-0.05, 0) is 48.6 Å². The Morgan fingerprint density at radius 3 is 2.53 bits per heavy atom. The monoisotopic (exact) mass is 456 g/mol. The minimum Gasteiger partial charge on any atom is -0.342 e. The summed E-state index contributed by atoms with van der Waals surface area (Å²) < 4.78 is 18.0. The van der Waals surface area contributed by atoms with Crippen LogP contribution in [0.25, 0.3) is 33.3 Å². The number of benzene rings is 2. The number of halogens is 1. The topological polar surface area (TPSA) is 79.7 Å². The van der Waals surface area contributed by atoms with E-state index < -0.39 is 5.82 Å². The number of aromatic nitrogens is 4. The van der Waals surface area contributed by atoms with Gasteiger partial charge in [-0.3, -0.25) is 14.0 Å². The molecule has 0 saturated carbocycles. The number of fused-ring (bicyclic) bond motifs is 1. The Morgan fingerprint density at radius 2 is 1.82 bits per heavy atom. The highest BCUT2D eigenvalue weighted by Gasteiger charge is 2.24. The van der Waals surface area contributed by atoms with Gasteiger partial charge in [0, 0.05) is 38.1 Å². The van der Waals surface area contributed by atoms with Crippen molar-refractivity contribution in [2.24, 2.45) is 20.0 Å². The van der Waals surface area contributed by atoms with Crippen molar-refractivity contribution in [3.63, 3.8) is 0 Å². The molecule has 3 heterocycles. The first-order chi connectivity index (χ1) is 16.4. The maximum absolute atomic E-state index is 14.6. The molecule has 0 amide bonds. The lowest BCUT2D eigenvalue weighted by molar-refractivity contribution is 0.431. The van der Waals surface area contributed by atoms with Gasteiger partial charge in [-0.1, -0.05) is 19.1 Å². The van der Waals surface area contributed by atoms with Gasteiger partial charge in [0.25, 0.3) is 5.56 Å². The van der Waals surface area contributed by atoms with Crippen LogP contribution in [-0.4, -0.2) is 32.4 Å². The van der Waals surface area contributed by atoms with E-state index in [0.717, 1.165) is 36.8 Å². The average Bonchev–Trinajstić information content (AvgIpc) is 3.21. The van der Waals surface area contributed by atoms with Crippen LogP contribution in [0.1, 0.15) is 25.3 Å². The molecule has 0 unspecified atom stereocenters. The second-order valence-corrected chi connectivity index (χ2v) is 9.02. The van der Waals surface area contributed by atoms with E-state index in [9.17, 15) is 9.18 Å². The number of nitriles is 1. The lowest BCUT2D eigenvalue weighted by Gasteiger charge is -2.32. The third kappa shape index (κ3) is 3.63. The Bertz CT molecular complexity index is 1500. The highest BCUT2D eigenvalue weighted by Crippen LogP contribution is 2.33. The normalized spacial score (nSPS) is 14.5. The summed E-state index contributed by atoms with van der Waals surface area (Å²) in [5, 5.41) is 14.3. The van der Waals surface area contributed by atoms with Crippen molar-refractivity contribution in [1.82, 2.24) is 19.3 Å². The third-order valence-corrected chi connectivity index (χ3v) is 6.73. The molecule has 4 aromatic rings. The van der Waals surface area contributed by atoms with E-state index in [2.05, 4.69) is 16.9 Å². The molecule has 5 rings (SSSR count). The lowest BCUT2D eigenvalue weighted by atomic mass is 9.98. The molecule has 0 spiro atoms. The number of hydrogen-bond acceptors (Lipinski definition) is 5. The zero-order chi connectivity index (χ0) is 24.0. The molecule has 2 aromatic carbocycles. The van der Waals surface area contributed by atoms with Crippen molar-refractivity contribution in [2.45, 2.75) is 19.8 Å². The predicted molar refractivity (Wildman–Crippen MR) is 130 cm³/mol. The first-order valence-corrected chi connectivity index (χ1v) is 11.4. The molecular weight excluding hydrogens is 431 g/mol. The van der Waals surface area contributed by atoms with Crippen LogP contribution in [0.3, 0.4) is 0 Å². The van der Waals surface area contributed by atoms with E-state index in [0.29, 0.717) is 34.3 Å². The summed E-state index contributed by atoms with van der Waals surface area (Å²) in [7, 11) is 3.60. The van der Waals surface area contributed by atoms with Gasteiger partial charge in [0.2, 0.25) is 5.95 Å². The number of aryl methyl sites for hydroxylation is 1. The summed E-state index contributed by atoms with van der Waals surface area (Å²) in [5.74, 6) is 0.568. The van der Waals surface area contributed by atoms with Gasteiger partial charge in [0.15, 0.2) is 0 Å². The quantitative estimate of drug-likeness (QED) is 0.461. The van der Waals surface area contributed by atoms with Gasteiger partial charge in [-0.15, -0.1) is 0 Å². The Kier molecular flexibility index (Phi) is 5.40. The highest BCUT2D eigenvalue weighted by atomic mass is 19.1. The minimum atomic E-state index is -0.635. The van der Waals surface area contributed by atoms with E-state index in [-0.39, 0.29) is 11.1 Å². The molecule has 0 N–H and O–H groups in total. The molecule has 172 valence electrons. The van der Waals surface area contributed by atoms with Crippen molar-refractivity contribution >= 4 is 16.9 Å². The molecular formula is C26H25FN6O. The van der Waals surface area contributed by atoms with Gasteiger partial charge in [-0.2, -0.15) is 10.4 Å². The SMILES string of the molecule is CC1CCN(c2nc(-c3ccc(C#N)c(F)c3)c(-c3ccc4c(cnn4C)c3)c(=O)n2C)CC1. The molecule has 7 nitrogen and oxygen atoms in total. The van der Waals surface area contributed by atoms with Crippen LogP contribution in [-0.2, 0) is 14.1 Å². The number of rotatable bonds is 3. The summed E-state index contributed by atoms with van der Waals surface area (Å²) in [6.45, 7) is 3.85. The molecule has 0 bridgehead atoms. The molecule has 2 aromatic heterocycles. The van der Waals surface area contributed by atoms with E-state index in [1.54, 1.807) is 28.6 Å². The van der Waals surface area contributed by atoms with Gasteiger partial charge in [0.1, 0.15) is 11.9 Å². The molecule has 1 aliphatic heterocycles. The van der Waals surface area contributed by atoms with Crippen LogP contribution in [0.4, 0.5) is 10.3 Å². The number of nitrogens with zero attached hydrogens (tertiary/aromatic N) is 6. The minimum absolute atomic E-state index is 0.0452. The molecule has 8 heteroatoms. The maximum atomic E-state index is 14.6. The zero-order valence-corrected chi connectivity index (χ0v) is 19.4. The van der Waals surface area contributed by atoms with Crippen molar-refractivity contribution in [1.29, 1.82) is 5.26 Å². The third-order valence-electron chi connectivity index (χ3n) is 6.73. The van der Waals surface area contributed by atoms with Crippen LogP contribution in [0.15, 0.2) is 47.4 Å². The van der Waals surface area contributed by atoms with Crippen molar-refractivity contribution < 1.29 is 4.39 Å². The largest absolute Gasteiger partial charge is 0.342 e. The van der Waals surface area contributed by atoms with Crippen molar-refractivity contribution in [2.75, 3.05) is 18.0 Å². The summed E-state index contributed by atoms with van der Waals surface area (Å²) in [6.07, 6.45) is 3.80. The first kappa shape index (κ1) is 21.8. The molecule has 0 aliphatic carbocycles. The lowest BCUT2D eigenvalue weighted by Crippen LogP contribution is -2.38. The van der Waals surface area contributed by atoms with Crippen LogP contribution in [0.5, 0.6) is 0 Å². The molecule has 1 fully saturated rings. The zero-order valence-electron chi connectivity index (χ0n) is 19.4. The second kappa shape index (κ2) is 8.41. The van der Waals surface area contributed by atoms with Crippen LogP contribution in [0.2, 0.25) is 0 Å². The molecule has 1 aliphatic rings. The van der Waals surface area contributed by atoms with Gasteiger partial charge >= 0.3 is 0 Å². The maximum Gasteiger partial charge on any atom is 0.263 e. The fourth-order valence-electron chi connectivity index (χ4n) is 4.62. The molecule has 0 radical (unpaired) electrons. The van der Waals surface area contributed by atoms with E-state index in [4.69, 9.17) is 10.2 Å². The second-order valence-electron chi connectivity index (χ2n) is 9.02. The molecule has 34 heavy (non-hydrogen) atoms. The van der Waals surface area contributed by atoms with E-state index >= 15 is 0 Å². The molecule has 1 saturated heterocycles. The Labute approximate surface area is 196 Å². The van der Waals surface area contributed by atoms with E-state index in [1.165, 1.54) is 12.1 Å².